The summed E-state index contributed by atoms with van der Waals surface area (Å²) in [6.45, 7) is 6.21. The quantitative estimate of drug-likeness (QED) is 0.523. The van der Waals surface area contributed by atoms with E-state index in [-0.39, 0.29) is 10.6 Å². The number of amides is 1. The van der Waals surface area contributed by atoms with Gasteiger partial charge in [0.15, 0.2) is 0 Å². The van der Waals surface area contributed by atoms with Crippen LogP contribution in [0.3, 0.4) is 0 Å². The molecule has 1 heterocycles. The minimum absolute atomic E-state index is 0.0833. The minimum Gasteiger partial charge on any atom is -0.492 e. The summed E-state index contributed by atoms with van der Waals surface area (Å²) in [4.78, 5) is 28.1. The number of piperazine rings is 1. The second kappa shape index (κ2) is 9.93. The first-order chi connectivity index (χ1) is 14.5. The fourth-order valence-corrected chi connectivity index (χ4v) is 3.55. The van der Waals surface area contributed by atoms with Crippen LogP contribution in [0.2, 0.25) is 0 Å². The molecule has 9 heteroatoms. The van der Waals surface area contributed by atoms with Gasteiger partial charge in [0.25, 0.3) is 5.69 Å². The van der Waals surface area contributed by atoms with Crippen molar-refractivity contribution in [3.63, 3.8) is 0 Å². The highest BCUT2D eigenvalue weighted by atomic mass is 16.6. The summed E-state index contributed by atoms with van der Waals surface area (Å²) < 4.78 is 5.58. The number of benzene rings is 2. The van der Waals surface area contributed by atoms with Crippen molar-refractivity contribution < 1.29 is 19.6 Å². The first kappa shape index (κ1) is 21.4. The van der Waals surface area contributed by atoms with Crippen LogP contribution in [0.4, 0.5) is 21.9 Å². The molecule has 0 unspecified atom stereocenters. The smallest absolute Gasteiger partial charge is 0.411 e. The molecular weight excluding hydrogens is 388 g/mol. The SMILES string of the molecule is CCOc1ccccc1N(CCN1CCN(c2cccc([N+](=O)[O-])c2)CC1)C(=O)O. The Kier molecular flexibility index (Phi) is 7.08. The molecule has 0 saturated carbocycles. The third-order valence-electron chi connectivity index (χ3n) is 5.10. The van der Waals surface area contributed by atoms with Crippen LogP contribution in [0.1, 0.15) is 6.92 Å². The number of carboxylic acid groups (broad SMARTS) is 1. The van der Waals surface area contributed by atoms with Crippen molar-refractivity contribution in [2.75, 3.05) is 55.7 Å². The van der Waals surface area contributed by atoms with Gasteiger partial charge in [0.2, 0.25) is 0 Å². The second-order valence-electron chi connectivity index (χ2n) is 6.94. The van der Waals surface area contributed by atoms with Crippen molar-refractivity contribution >= 4 is 23.2 Å². The molecule has 1 aliphatic rings. The van der Waals surface area contributed by atoms with Gasteiger partial charge in [-0.1, -0.05) is 18.2 Å². The summed E-state index contributed by atoms with van der Waals surface area (Å²) in [5, 5.41) is 20.7. The van der Waals surface area contributed by atoms with Crippen molar-refractivity contribution in [2.45, 2.75) is 6.92 Å². The van der Waals surface area contributed by atoms with Crippen molar-refractivity contribution in [3.8, 4) is 5.75 Å². The van der Waals surface area contributed by atoms with Crippen LogP contribution in [0, 0.1) is 10.1 Å². The maximum Gasteiger partial charge on any atom is 0.411 e. The first-order valence-corrected chi connectivity index (χ1v) is 9.93. The van der Waals surface area contributed by atoms with Gasteiger partial charge in [0.1, 0.15) is 5.75 Å². The molecule has 3 rings (SSSR count). The van der Waals surface area contributed by atoms with Gasteiger partial charge in [-0.05, 0) is 25.1 Å². The number of hydrogen-bond donors (Lipinski definition) is 1. The number of carbonyl (C=O) groups is 1. The summed E-state index contributed by atoms with van der Waals surface area (Å²) in [5.74, 6) is 0.554. The Morgan fingerprint density at radius 1 is 1.17 bits per heavy atom. The minimum atomic E-state index is -1.02. The normalized spacial score (nSPS) is 14.4. The Morgan fingerprint density at radius 2 is 1.90 bits per heavy atom. The Morgan fingerprint density at radius 3 is 2.57 bits per heavy atom. The monoisotopic (exact) mass is 414 g/mol. The lowest BCUT2D eigenvalue weighted by Gasteiger charge is -2.36. The van der Waals surface area contributed by atoms with E-state index in [1.54, 1.807) is 30.3 Å². The molecule has 1 saturated heterocycles. The average Bonchev–Trinajstić information content (AvgIpc) is 2.75. The number of hydrogen-bond acceptors (Lipinski definition) is 6. The summed E-state index contributed by atoms with van der Waals surface area (Å²) in [6, 6.07) is 13.8. The van der Waals surface area contributed by atoms with E-state index >= 15 is 0 Å². The lowest BCUT2D eigenvalue weighted by Crippen LogP contribution is -2.49. The Hall–Kier alpha value is -3.33. The van der Waals surface area contributed by atoms with Crippen LogP contribution >= 0.6 is 0 Å². The molecule has 1 N–H and O–H groups in total. The fraction of sp³-hybridized carbons (Fsp3) is 0.381. The lowest BCUT2D eigenvalue weighted by molar-refractivity contribution is -0.384. The summed E-state index contributed by atoms with van der Waals surface area (Å²) in [7, 11) is 0. The summed E-state index contributed by atoms with van der Waals surface area (Å²) >= 11 is 0. The van der Waals surface area contributed by atoms with Gasteiger partial charge < -0.3 is 14.7 Å². The molecule has 2 aromatic rings. The molecule has 160 valence electrons. The molecule has 0 spiro atoms. The molecule has 0 bridgehead atoms. The lowest BCUT2D eigenvalue weighted by atomic mass is 10.2. The number of nitrogens with zero attached hydrogens (tertiary/aromatic N) is 4. The Balaban J connectivity index is 1.58. The highest BCUT2D eigenvalue weighted by Gasteiger charge is 2.22. The zero-order valence-corrected chi connectivity index (χ0v) is 16.9. The molecule has 0 aromatic heterocycles. The van der Waals surface area contributed by atoms with Gasteiger partial charge in [-0.25, -0.2) is 4.79 Å². The number of rotatable bonds is 8. The van der Waals surface area contributed by atoms with Crippen molar-refractivity contribution in [1.82, 2.24) is 4.90 Å². The van der Waals surface area contributed by atoms with Crippen molar-refractivity contribution in [2.24, 2.45) is 0 Å². The molecule has 1 fully saturated rings. The molecular formula is C21H26N4O5. The zero-order chi connectivity index (χ0) is 21.5. The van der Waals surface area contributed by atoms with E-state index in [4.69, 9.17) is 4.74 Å². The third kappa shape index (κ3) is 5.18. The molecule has 1 amide bonds. The maximum atomic E-state index is 11.8. The molecule has 2 aromatic carbocycles. The predicted molar refractivity (Wildman–Crippen MR) is 115 cm³/mol. The molecule has 0 radical (unpaired) electrons. The van der Waals surface area contributed by atoms with E-state index in [0.29, 0.717) is 31.1 Å². The topological polar surface area (TPSA) is 99.4 Å². The second-order valence-corrected chi connectivity index (χ2v) is 6.94. The molecule has 9 nitrogen and oxygen atoms in total. The van der Waals surface area contributed by atoms with Crippen molar-refractivity contribution in [3.05, 3.63) is 58.6 Å². The molecule has 0 aliphatic carbocycles. The van der Waals surface area contributed by atoms with Crippen LogP contribution in [-0.2, 0) is 0 Å². The maximum absolute atomic E-state index is 11.8. The van der Waals surface area contributed by atoms with Gasteiger partial charge in [-0.3, -0.25) is 19.9 Å². The first-order valence-electron chi connectivity index (χ1n) is 9.93. The van der Waals surface area contributed by atoms with Crippen LogP contribution in [0.5, 0.6) is 5.75 Å². The molecule has 1 aliphatic heterocycles. The van der Waals surface area contributed by atoms with Crippen LogP contribution in [0.15, 0.2) is 48.5 Å². The van der Waals surface area contributed by atoms with E-state index < -0.39 is 6.09 Å². The van der Waals surface area contributed by atoms with E-state index in [9.17, 15) is 20.0 Å². The van der Waals surface area contributed by atoms with Crippen molar-refractivity contribution in [1.29, 1.82) is 0 Å². The van der Waals surface area contributed by atoms with Crippen LogP contribution in [0.25, 0.3) is 0 Å². The van der Waals surface area contributed by atoms with Gasteiger partial charge >= 0.3 is 6.09 Å². The summed E-state index contributed by atoms with van der Waals surface area (Å²) in [6.07, 6.45) is -1.02. The standard InChI is InChI=1S/C21H26N4O5/c1-2-30-20-9-4-3-8-19(20)24(21(26)27)15-12-22-10-13-23(14-11-22)17-6-5-7-18(16-17)25(28)29/h3-9,16H,2,10-15H2,1H3,(H,26,27). The number of nitro groups is 1. The average molecular weight is 414 g/mol. The zero-order valence-electron chi connectivity index (χ0n) is 16.9. The molecule has 0 atom stereocenters. The highest BCUT2D eigenvalue weighted by molar-refractivity contribution is 5.88. The van der Waals surface area contributed by atoms with E-state index in [1.165, 1.54) is 11.0 Å². The van der Waals surface area contributed by atoms with E-state index in [0.717, 1.165) is 31.9 Å². The third-order valence-corrected chi connectivity index (χ3v) is 5.10. The van der Waals surface area contributed by atoms with E-state index in [2.05, 4.69) is 9.80 Å². The van der Waals surface area contributed by atoms with Gasteiger partial charge in [0.05, 0.1) is 17.2 Å². The largest absolute Gasteiger partial charge is 0.492 e. The number of ether oxygens (including phenoxy) is 1. The number of nitro benzene ring substituents is 1. The Labute approximate surface area is 175 Å². The van der Waals surface area contributed by atoms with Gasteiger partial charge in [0, 0.05) is 57.1 Å². The Bertz CT molecular complexity index is 883. The number of non-ortho nitro benzene ring substituents is 1. The van der Waals surface area contributed by atoms with Crippen LogP contribution in [-0.4, -0.2) is 66.9 Å². The van der Waals surface area contributed by atoms with E-state index in [1.807, 2.05) is 19.1 Å². The number of para-hydroxylation sites is 2. The van der Waals surface area contributed by atoms with Crippen LogP contribution < -0.4 is 14.5 Å². The van der Waals surface area contributed by atoms with Gasteiger partial charge in [-0.15, -0.1) is 0 Å². The number of anilines is 2. The highest BCUT2D eigenvalue weighted by Crippen LogP contribution is 2.28. The van der Waals surface area contributed by atoms with Gasteiger partial charge in [-0.2, -0.15) is 0 Å². The summed E-state index contributed by atoms with van der Waals surface area (Å²) in [5.41, 5.74) is 1.46. The predicted octanol–water partition coefficient (Wildman–Crippen LogP) is 3.30. The fourth-order valence-electron chi connectivity index (χ4n) is 3.55. The molecule has 30 heavy (non-hydrogen) atoms.